The lowest BCUT2D eigenvalue weighted by Crippen LogP contribution is -2.51. The van der Waals surface area contributed by atoms with Crippen molar-refractivity contribution in [3.8, 4) is 0 Å². The van der Waals surface area contributed by atoms with Gasteiger partial charge in [-0.25, -0.2) is 0 Å². The van der Waals surface area contributed by atoms with Crippen molar-refractivity contribution in [1.82, 2.24) is 10.2 Å². The SMILES string of the molecule is C[C@@H]1CN(C(=O)Cc2cc3c(ccc4ccccc43)o2)CCN1. The molecule has 1 aliphatic rings. The van der Waals surface area contributed by atoms with Crippen molar-refractivity contribution in [3.63, 3.8) is 0 Å². The van der Waals surface area contributed by atoms with Crippen LogP contribution < -0.4 is 5.32 Å². The van der Waals surface area contributed by atoms with Crippen LogP contribution in [-0.4, -0.2) is 36.5 Å². The van der Waals surface area contributed by atoms with Crippen molar-refractivity contribution in [1.29, 1.82) is 0 Å². The minimum atomic E-state index is 0.140. The Kier molecular flexibility index (Phi) is 3.54. The molecule has 1 atom stereocenters. The van der Waals surface area contributed by atoms with Gasteiger partial charge in [-0.2, -0.15) is 0 Å². The lowest BCUT2D eigenvalue weighted by Gasteiger charge is -2.31. The third-order valence-electron chi connectivity index (χ3n) is 4.52. The third-order valence-corrected chi connectivity index (χ3v) is 4.52. The van der Waals surface area contributed by atoms with E-state index in [1.165, 1.54) is 10.8 Å². The summed E-state index contributed by atoms with van der Waals surface area (Å²) in [6, 6.07) is 14.7. The Morgan fingerprint density at radius 3 is 3.00 bits per heavy atom. The molecule has 0 radical (unpaired) electrons. The number of hydrogen-bond acceptors (Lipinski definition) is 3. The monoisotopic (exact) mass is 308 g/mol. The zero-order valence-electron chi connectivity index (χ0n) is 13.2. The Balaban J connectivity index is 1.62. The summed E-state index contributed by atoms with van der Waals surface area (Å²) in [5, 5.41) is 6.80. The normalized spacial score (nSPS) is 18.7. The first kappa shape index (κ1) is 14.3. The van der Waals surface area contributed by atoms with Gasteiger partial charge < -0.3 is 14.6 Å². The minimum absolute atomic E-state index is 0.140. The fourth-order valence-electron chi connectivity index (χ4n) is 3.35. The summed E-state index contributed by atoms with van der Waals surface area (Å²) in [6.45, 7) is 4.50. The summed E-state index contributed by atoms with van der Waals surface area (Å²) < 4.78 is 5.90. The molecule has 118 valence electrons. The maximum atomic E-state index is 12.5. The molecule has 1 aromatic heterocycles. The molecule has 2 heterocycles. The molecule has 0 unspecified atom stereocenters. The minimum Gasteiger partial charge on any atom is -0.461 e. The Morgan fingerprint density at radius 2 is 2.13 bits per heavy atom. The predicted molar refractivity (Wildman–Crippen MR) is 91.5 cm³/mol. The van der Waals surface area contributed by atoms with E-state index in [0.717, 1.165) is 36.4 Å². The summed E-state index contributed by atoms with van der Waals surface area (Å²) in [5.41, 5.74) is 0.847. The molecule has 1 aliphatic heterocycles. The maximum Gasteiger partial charge on any atom is 0.230 e. The van der Waals surface area contributed by atoms with Crippen LogP contribution in [0.5, 0.6) is 0 Å². The van der Waals surface area contributed by atoms with Gasteiger partial charge in [-0.1, -0.05) is 30.3 Å². The van der Waals surface area contributed by atoms with E-state index in [4.69, 9.17) is 4.42 Å². The summed E-state index contributed by atoms with van der Waals surface area (Å²) in [4.78, 5) is 14.4. The highest BCUT2D eigenvalue weighted by molar-refractivity contribution is 6.06. The van der Waals surface area contributed by atoms with Gasteiger partial charge in [0.2, 0.25) is 5.91 Å². The predicted octanol–water partition coefficient (Wildman–Crippen LogP) is 2.95. The van der Waals surface area contributed by atoms with Crippen molar-refractivity contribution in [2.45, 2.75) is 19.4 Å². The van der Waals surface area contributed by atoms with Gasteiger partial charge in [0.05, 0.1) is 6.42 Å². The molecule has 0 aliphatic carbocycles. The number of amides is 1. The van der Waals surface area contributed by atoms with E-state index in [2.05, 4.69) is 30.4 Å². The van der Waals surface area contributed by atoms with Gasteiger partial charge in [0, 0.05) is 31.1 Å². The summed E-state index contributed by atoms with van der Waals surface area (Å²) in [6.07, 6.45) is 0.329. The number of benzene rings is 2. The second kappa shape index (κ2) is 5.70. The lowest BCUT2D eigenvalue weighted by molar-refractivity contribution is -0.131. The fraction of sp³-hybridized carbons (Fsp3) is 0.316. The second-order valence-electron chi connectivity index (χ2n) is 6.28. The molecule has 2 aromatic carbocycles. The molecule has 1 N–H and O–H groups in total. The highest BCUT2D eigenvalue weighted by atomic mass is 16.3. The molecule has 3 aromatic rings. The first-order valence-electron chi connectivity index (χ1n) is 8.12. The fourth-order valence-corrected chi connectivity index (χ4v) is 3.35. The molecule has 4 rings (SSSR count). The first-order chi connectivity index (χ1) is 11.2. The van der Waals surface area contributed by atoms with Crippen LogP contribution >= 0.6 is 0 Å². The molecular formula is C19H20N2O2. The molecule has 1 amide bonds. The average Bonchev–Trinajstić information content (AvgIpc) is 2.97. The van der Waals surface area contributed by atoms with Crippen LogP contribution in [0.4, 0.5) is 0 Å². The quantitative estimate of drug-likeness (QED) is 0.791. The van der Waals surface area contributed by atoms with Gasteiger partial charge >= 0.3 is 0 Å². The van der Waals surface area contributed by atoms with Crippen molar-refractivity contribution in [2.75, 3.05) is 19.6 Å². The van der Waals surface area contributed by atoms with Crippen molar-refractivity contribution in [2.24, 2.45) is 0 Å². The van der Waals surface area contributed by atoms with Crippen LogP contribution in [0.25, 0.3) is 21.7 Å². The number of rotatable bonds is 2. The average molecular weight is 308 g/mol. The smallest absolute Gasteiger partial charge is 0.230 e. The largest absolute Gasteiger partial charge is 0.461 e. The first-order valence-corrected chi connectivity index (χ1v) is 8.12. The maximum absolute atomic E-state index is 12.5. The highest BCUT2D eigenvalue weighted by Gasteiger charge is 2.21. The zero-order valence-corrected chi connectivity index (χ0v) is 13.2. The number of nitrogens with zero attached hydrogens (tertiary/aromatic N) is 1. The topological polar surface area (TPSA) is 45.5 Å². The molecule has 4 nitrogen and oxygen atoms in total. The summed E-state index contributed by atoms with van der Waals surface area (Å²) in [7, 11) is 0. The van der Waals surface area contributed by atoms with Gasteiger partial charge in [-0.3, -0.25) is 4.79 Å². The van der Waals surface area contributed by atoms with Crippen LogP contribution in [-0.2, 0) is 11.2 Å². The van der Waals surface area contributed by atoms with E-state index < -0.39 is 0 Å². The van der Waals surface area contributed by atoms with Crippen molar-refractivity contribution >= 4 is 27.6 Å². The van der Waals surface area contributed by atoms with E-state index >= 15 is 0 Å². The number of nitrogens with one attached hydrogen (secondary N) is 1. The number of fused-ring (bicyclic) bond motifs is 3. The van der Waals surface area contributed by atoms with Crippen LogP contribution in [0.15, 0.2) is 46.9 Å². The number of piperazine rings is 1. The standard InChI is InChI=1S/C19H20N2O2/c1-13-12-21(9-8-20-13)19(22)11-15-10-17-16-5-3-2-4-14(16)6-7-18(17)23-15/h2-7,10,13,20H,8-9,11-12H2,1H3/t13-/m1/s1. The highest BCUT2D eigenvalue weighted by Crippen LogP contribution is 2.28. The van der Waals surface area contributed by atoms with E-state index in [1.807, 2.05) is 29.2 Å². The van der Waals surface area contributed by atoms with E-state index in [0.29, 0.717) is 12.5 Å². The summed E-state index contributed by atoms with van der Waals surface area (Å²) in [5.74, 6) is 0.884. The van der Waals surface area contributed by atoms with Crippen molar-refractivity contribution < 1.29 is 9.21 Å². The number of hydrogen-bond donors (Lipinski definition) is 1. The zero-order chi connectivity index (χ0) is 15.8. The van der Waals surface area contributed by atoms with E-state index in [-0.39, 0.29) is 5.91 Å². The number of carbonyl (C=O) groups excluding carboxylic acids is 1. The van der Waals surface area contributed by atoms with Crippen LogP contribution in [0.3, 0.4) is 0 Å². The number of carbonyl (C=O) groups is 1. The van der Waals surface area contributed by atoms with Gasteiger partial charge in [-0.05, 0) is 29.8 Å². The third kappa shape index (κ3) is 2.70. The molecule has 23 heavy (non-hydrogen) atoms. The van der Waals surface area contributed by atoms with Crippen LogP contribution in [0.2, 0.25) is 0 Å². The van der Waals surface area contributed by atoms with Gasteiger partial charge in [-0.15, -0.1) is 0 Å². The Hall–Kier alpha value is -2.33. The Morgan fingerprint density at radius 1 is 1.26 bits per heavy atom. The molecule has 0 saturated carbocycles. The van der Waals surface area contributed by atoms with E-state index in [9.17, 15) is 4.79 Å². The van der Waals surface area contributed by atoms with Crippen LogP contribution in [0.1, 0.15) is 12.7 Å². The van der Waals surface area contributed by atoms with Crippen LogP contribution in [0, 0.1) is 0 Å². The lowest BCUT2D eigenvalue weighted by atomic mass is 10.1. The Labute approximate surface area is 135 Å². The van der Waals surface area contributed by atoms with Gasteiger partial charge in [0.25, 0.3) is 0 Å². The van der Waals surface area contributed by atoms with Gasteiger partial charge in [0.1, 0.15) is 11.3 Å². The molecule has 4 heteroatoms. The van der Waals surface area contributed by atoms with E-state index in [1.54, 1.807) is 0 Å². The van der Waals surface area contributed by atoms with Gasteiger partial charge in [0.15, 0.2) is 0 Å². The molecule has 1 saturated heterocycles. The summed E-state index contributed by atoms with van der Waals surface area (Å²) >= 11 is 0. The number of furan rings is 1. The Bertz CT molecular complexity index is 868. The molecular weight excluding hydrogens is 288 g/mol. The van der Waals surface area contributed by atoms with Crippen molar-refractivity contribution in [3.05, 3.63) is 48.2 Å². The molecule has 1 fully saturated rings. The molecule has 0 spiro atoms. The molecule has 0 bridgehead atoms. The second-order valence-corrected chi connectivity index (χ2v) is 6.28.